The van der Waals surface area contributed by atoms with E-state index in [1.54, 1.807) is 6.92 Å². The molecule has 0 amide bonds. The van der Waals surface area contributed by atoms with Gasteiger partial charge >= 0.3 is 13.4 Å². The highest BCUT2D eigenvalue weighted by Gasteiger charge is 2.55. The molecular weight excluding hydrogens is 1640 g/mol. The Morgan fingerprint density at radius 2 is 0.651 bits per heavy atom. The molecule has 0 radical (unpaired) electrons. The molecule has 5 fully saturated rings. The minimum Gasteiger partial charge on any atom is -0.799 e. The summed E-state index contributed by atoms with van der Waals surface area (Å²) in [7, 11) is -7.61. The van der Waals surface area contributed by atoms with E-state index >= 15 is 0 Å². The predicted octanol–water partition coefficient (Wildman–Crippen LogP) is -19.2. The van der Waals surface area contributed by atoms with Crippen molar-refractivity contribution in [2.24, 2.45) is 5.92 Å². The molecule has 5 rings (SSSR count). The van der Waals surface area contributed by atoms with Gasteiger partial charge in [-0.25, -0.2) is 0 Å². The first kappa shape index (κ1) is 105. The molecule has 0 aromatic rings. The minimum atomic E-state index is -4.62. The van der Waals surface area contributed by atoms with E-state index < -0.39 is 306 Å². The molecule has 106 heavy (non-hydrogen) atoms. The normalized spacial score (nSPS) is 41.2. The quantitative estimate of drug-likeness (QED) is 0.0287. The number of hydrogen-bond donors (Lipinski definition) is 35. The van der Waals surface area contributed by atoms with Crippen molar-refractivity contribution in [1.82, 2.24) is 0 Å². The summed E-state index contributed by atoms with van der Waals surface area (Å²) in [6.45, 7) is -9.29. The van der Waals surface area contributed by atoms with Crippen molar-refractivity contribution in [3.8, 4) is 0 Å². The third-order valence-corrected chi connectivity index (χ3v) is 27.9. The van der Waals surface area contributed by atoms with Crippen LogP contribution in [0.2, 0.25) is 0 Å². The van der Waals surface area contributed by atoms with Gasteiger partial charge in [-0.15, -0.1) is 11.4 Å². The number of rotatable bonds is 31. The molecule has 0 bridgehead atoms. The SMILES string of the molecule is CC[C@@H](O)CSP([O-])(=S)OC1[C@H](O)[C@H](O)C(O)[C@H](O)[C@H]1O.COP(=S)(OCC(O)CO)OC1[C@H](O)[C@H](O)C(O)[C@H](O)[C@H]1O.O=P([O-])(CCC(O)CO)CC1[C@H](O)[C@H](O)C(O)[C@H](O)[C@H]1O.O=P([O-])(CC[C@H](O)CO)OC1[C@H](O)[C@H](O)C(O)[C@H](O)[C@H]1O.OCC(O)COP(O)(=S)OC1C(O)[C@@H](O)C(O)[C@@H](O)[C@H]1O. The highest BCUT2D eigenvalue weighted by Crippen LogP contribution is 2.55. The maximum absolute atomic E-state index is 12.1. The third-order valence-electron chi connectivity index (χ3n) is 16.5. The second-order valence-corrected chi connectivity index (χ2v) is 40.9. The molecular formula is C50H102O47P5S4-3. The Balaban J connectivity index is 0.000000663. The van der Waals surface area contributed by atoms with E-state index in [1.165, 1.54) is 0 Å². The molecule has 19 unspecified atom stereocenters. The Morgan fingerprint density at radius 1 is 0.377 bits per heavy atom. The molecule has 636 valence electrons. The highest BCUT2D eigenvalue weighted by molar-refractivity contribution is 8.67. The van der Waals surface area contributed by atoms with Crippen LogP contribution >= 0.6 is 45.5 Å². The zero-order chi connectivity index (χ0) is 82.6. The van der Waals surface area contributed by atoms with Gasteiger partial charge in [0.2, 0.25) is 0 Å². The zero-order valence-electron chi connectivity index (χ0n) is 55.8. The van der Waals surface area contributed by atoms with Crippen LogP contribution in [0.1, 0.15) is 26.2 Å². The molecule has 5 saturated carbocycles. The molecule has 40 atom stereocenters. The van der Waals surface area contributed by atoms with E-state index in [9.17, 15) is 167 Å². The minimum absolute atomic E-state index is 0.0456. The Hall–Kier alpha value is 0.960. The van der Waals surface area contributed by atoms with Gasteiger partial charge in [-0.2, -0.15) is 0 Å². The topological polar surface area (TPSA) is 876 Å². The maximum Gasteiger partial charge on any atom is 0.327 e. The summed E-state index contributed by atoms with van der Waals surface area (Å²) in [5.41, 5.74) is -3.76. The predicted molar refractivity (Wildman–Crippen MR) is 357 cm³/mol. The van der Waals surface area contributed by atoms with Crippen LogP contribution in [0, 0.1) is 5.92 Å². The molecule has 56 heteroatoms. The van der Waals surface area contributed by atoms with Crippen LogP contribution in [-0.4, -0.2) is 457 Å². The van der Waals surface area contributed by atoms with Crippen LogP contribution in [0.25, 0.3) is 0 Å². The second kappa shape index (κ2) is 47.4. The summed E-state index contributed by atoms with van der Waals surface area (Å²) < 4.78 is 57.7. The van der Waals surface area contributed by atoms with Gasteiger partial charge in [0.05, 0.1) is 70.2 Å². The maximum atomic E-state index is 12.1. The number of hydrogen-bond acceptors (Lipinski definition) is 50. The van der Waals surface area contributed by atoms with E-state index in [-0.39, 0.29) is 18.6 Å². The fourth-order valence-corrected chi connectivity index (χ4v) is 19.7. The van der Waals surface area contributed by atoms with Crippen molar-refractivity contribution < 1.29 is 234 Å². The summed E-state index contributed by atoms with van der Waals surface area (Å²) in [5, 5.41) is 320. The lowest BCUT2D eigenvalue weighted by molar-refractivity contribution is -0.244. The van der Waals surface area contributed by atoms with Crippen LogP contribution in [0.15, 0.2) is 0 Å². The molecule has 0 aromatic heterocycles. The van der Waals surface area contributed by atoms with E-state index in [1.807, 2.05) is 0 Å². The fraction of sp³-hybridized carbons (Fsp3) is 1.00. The van der Waals surface area contributed by atoms with Crippen molar-refractivity contribution in [3.05, 3.63) is 0 Å². The zero-order valence-corrected chi connectivity index (χ0v) is 63.6. The van der Waals surface area contributed by atoms with Gasteiger partial charge in [0, 0.05) is 38.0 Å². The van der Waals surface area contributed by atoms with Crippen molar-refractivity contribution in [1.29, 1.82) is 0 Å². The van der Waals surface area contributed by atoms with E-state index in [0.717, 1.165) is 7.11 Å². The van der Waals surface area contributed by atoms with Crippen molar-refractivity contribution in [2.45, 2.75) is 234 Å². The van der Waals surface area contributed by atoms with Crippen LogP contribution in [0.4, 0.5) is 0 Å². The Labute approximate surface area is 622 Å². The summed E-state index contributed by atoms with van der Waals surface area (Å²) >= 11 is 15.0. The summed E-state index contributed by atoms with van der Waals surface area (Å²) in [4.78, 5) is 45.4. The molecule has 0 saturated heterocycles. The highest BCUT2D eigenvalue weighted by atomic mass is 32.9. The van der Waals surface area contributed by atoms with Crippen molar-refractivity contribution in [3.63, 3.8) is 0 Å². The van der Waals surface area contributed by atoms with Gasteiger partial charge < -0.3 is 225 Å². The molecule has 0 aliphatic heterocycles. The summed E-state index contributed by atoms with van der Waals surface area (Å²) in [6, 6.07) is 0. The van der Waals surface area contributed by atoms with Gasteiger partial charge in [-0.3, -0.25) is 9.05 Å². The van der Waals surface area contributed by atoms with Crippen molar-refractivity contribution >= 4 is 80.9 Å². The lowest BCUT2D eigenvalue weighted by atomic mass is 9.79. The van der Waals surface area contributed by atoms with Crippen molar-refractivity contribution in [2.75, 3.05) is 71.0 Å². The number of aliphatic hydroxyl groups excluding tert-OH is 34. The van der Waals surface area contributed by atoms with Gasteiger partial charge in [0.25, 0.3) is 0 Å². The largest absolute Gasteiger partial charge is 0.799 e. The molecule has 0 heterocycles. The van der Waals surface area contributed by atoms with E-state index in [4.69, 9.17) is 82.0 Å². The van der Waals surface area contributed by atoms with E-state index in [2.05, 4.69) is 20.9 Å². The molecule has 5 aliphatic carbocycles. The lowest BCUT2D eigenvalue weighted by Gasteiger charge is -2.44. The monoisotopic (exact) mass is 1740 g/mol. The van der Waals surface area contributed by atoms with Gasteiger partial charge in [0.15, 0.2) is 0 Å². The van der Waals surface area contributed by atoms with Gasteiger partial charge in [0.1, 0.15) is 185 Å². The first-order valence-electron chi connectivity index (χ1n) is 31.5. The van der Waals surface area contributed by atoms with Crippen LogP contribution in [0.3, 0.4) is 0 Å². The molecule has 47 nitrogen and oxygen atoms in total. The molecule has 5 aliphatic rings. The third kappa shape index (κ3) is 31.8. The average Bonchev–Trinajstić information content (AvgIpc) is 0.821. The molecule has 35 N–H and O–H groups in total. The van der Waals surface area contributed by atoms with Crippen LogP contribution in [0.5, 0.6) is 0 Å². The Morgan fingerprint density at radius 3 is 0.962 bits per heavy atom. The fourth-order valence-electron chi connectivity index (χ4n) is 9.70. The van der Waals surface area contributed by atoms with Gasteiger partial charge in [-0.1, -0.05) is 18.7 Å². The van der Waals surface area contributed by atoms with Crippen LogP contribution in [-0.2, 0) is 76.2 Å². The first-order valence-corrected chi connectivity index (χ1v) is 44.6. The Bertz CT molecular complexity index is 2390. The van der Waals surface area contributed by atoms with Crippen LogP contribution < -0.4 is 14.7 Å². The lowest BCUT2D eigenvalue weighted by Crippen LogP contribution is -2.64. The smallest absolute Gasteiger partial charge is 0.327 e. The van der Waals surface area contributed by atoms with E-state index in [0.29, 0.717) is 17.8 Å². The average molecular weight is 1740 g/mol. The number of aliphatic hydroxyl groups is 34. The standard InChI is InChI=1S/C11H23O9P.C10H21O10PS.C10H21O10P.C10H21O8PS2.C9H19O10PS/c12-3-5(13)1-2-21(19,20)4-6-7(14)9(16)11(18)10(17)8(6)15;1-18-21(22,19-3-4(12)2-11)20-10-8(16)6(14)5(13)7(15)9(10)17;11-3-4(12)1-2-21(18,19)20-10-8(16)6(14)5(13)7(15)9(10)17;1-2-4(11)3-21-19(17,20)18-10-8(15)6(13)5(12)7(14)9(10)16;10-1-3(11)2-18-20(17,21)19-9-7(15)5(13)4(12)6(14)8(9)16/h5-18H,1-4H2,(H,19,20);4-17H,2-3H2,1H3;4-17H,1-3H2,(H,18,19);4-16H,2-3H2,1H3,(H,17,20);3-16H,1-2H2,(H,17,21)/p-3/t5?,6?,7-,8-,9-,10+,11?;4?,5?,6-,7+,8-,9-,10?,21?;4-,5?,6-,7+,8+,9+,10?;4-,5?,6-,7+,8-,9-,10?,19?;3?,4?,5-,6+,7-,8?,9?,20?/m01011/s1. The summed E-state index contributed by atoms with van der Waals surface area (Å²) in [5.74, 6) is -1.31. The summed E-state index contributed by atoms with van der Waals surface area (Å²) in [6.07, 6.45) is -59.4. The molecule has 0 aromatic carbocycles. The first-order chi connectivity index (χ1) is 48.6. The Kier molecular flexibility index (Phi) is 46.9. The molecule has 0 spiro atoms. The second-order valence-electron chi connectivity index (χ2n) is 24.7. The van der Waals surface area contributed by atoms with Gasteiger partial charge in [-0.05, 0) is 55.2 Å².